The number of rotatable bonds is 6. The molecule has 8 heteroatoms. The van der Waals surface area contributed by atoms with Crippen molar-refractivity contribution in [3.8, 4) is 11.5 Å². The van der Waals surface area contributed by atoms with Crippen LogP contribution in [-0.2, 0) is 7.05 Å². The third kappa shape index (κ3) is 4.07. The van der Waals surface area contributed by atoms with E-state index in [2.05, 4.69) is 9.84 Å². The van der Waals surface area contributed by atoms with Gasteiger partial charge in [-0.1, -0.05) is 11.6 Å². The van der Waals surface area contributed by atoms with Crippen LogP contribution in [0.1, 0.15) is 16.1 Å². The van der Waals surface area contributed by atoms with Crippen molar-refractivity contribution in [2.75, 3.05) is 7.11 Å². The molecule has 0 atom stereocenters. The number of carbonyl (C=O) groups excluding carboxylic acids is 1. The van der Waals surface area contributed by atoms with Gasteiger partial charge >= 0.3 is 6.61 Å². The number of carbonyl (C=O) groups is 1. The molecule has 1 aromatic carbocycles. The van der Waals surface area contributed by atoms with Gasteiger partial charge in [0.2, 0.25) is 0 Å². The van der Waals surface area contributed by atoms with E-state index >= 15 is 0 Å². The Hall–Kier alpha value is -2.41. The molecule has 23 heavy (non-hydrogen) atoms. The number of methoxy groups -OCH3 is 1. The van der Waals surface area contributed by atoms with Gasteiger partial charge in [0, 0.05) is 12.6 Å². The number of aromatic nitrogens is 2. The molecule has 0 spiro atoms. The van der Waals surface area contributed by atoms with Crippen LogP contribution in [0, 0.1) is 0 Å². The Morgan fingerprint density at radius 2 is 2.13 bits per heavy atom. The number of alkyl halides is 2. The third-order valence-electron chi connectivity index (χ3n) is 2.99. The van der Waals surface area contributed by atoms with E-state index in [-0.39, 0.29) is 22.8 Å². The van der Waals surface area contributed by atoms with Crippen LogP contribution in [0.5, 0.6) is 11.5 Å². The van der Waals surface area contributed by atoms with Crippen LogP contribution < -0.4 is 9.47 Å². The van der Waals surface area contributed by atoms with Gasteiger partial charge in [0.1, 0.15) is 0 Å². The highest BCUT2D eigenvalue weighted by Crippen LogP contribution is 2.29. The summed E-state index contributed by atoms with van der Waals surface area (Å²) in [6, 6.07) is 3.95. The highest BCUT2D eigenvalue weighted by Gasteiger charge is 2.13. The lowest BCUT2D eigenvalue weighted by Crippen LogP contribution is -2.04. The van der Waals surface area contributed by atoms with Gasteiger partial charge in [-0.05, 0) is 30.4 Å². The summed E-state index contributed by atoms with van der Waals surface area (Å²) in [7, 11) is 2.99. The SMILES string of the molecule is COc1cc(C(=O)/C=C/c2c(Cl)cnn2C)ccc1OC(F)F. The predicted octanol–water partition coefficient (Wildman–Crippen LogP) is 3.58. The zero-order chi connectivity index (χ0) is 17.0. The van der Waals surface area contributed by atoms with Crippen LogP contribution in [0.15, 0.2) is 30.5 Å². The Labute approximate surface area is 136 Å². The minimum atomic E-state index is -2.97. The average molecular weight is 343 g/mol. The smallest absolute Gasteiger partial charge is 0.387 e. The zero-order valence-electron chi connectivity index (χ0n) is 12.3. The molecule has 0 amide bonds. The number of aryl methyl sites for hydroxylation is 1. The first-order valence-electron chi connectivity index (χ1n) is 6.45. The number of halogens is 3. The Kier molecular flexibility index (Phi) is 5.33. The molecule has 2 aromatic rings. The van der Waals surface area contributed by atoms with Crippen LogP contribution in [0.4, 0.5) is 8.78 Å². The van der Waals surface area contributed by atoms with Gasteiger partial charge in [-0.25, -0.2) is 0 Å². The van der Waals surface area contributed by atoms with E-state index in [9.17, 15) is 13.6 Å². The maximum absolute atomic E-state index is 12.3. The largest absolute Gasteiger partial charge is 0.493 e. The summed E-state index contributed by atoms with van der Waals surface area (Å²) in [6.07, 6.45) is 4.30. The van der Waals surface area contributed by atoms with Crippen LogP contribution in [0.25, 0.3) is 6.08 Å². The van der Waals surface area contributed by atoms with Crippen LogP contribution in [-0.4, -0.2) is 29.3 Å². The molecule has 0 radical (unpaired) electrons. The van der Waals surface area contributed by atoms with Gasteiger partial charge in [-0.2, -0.15) is 13.9 Å². The first-order chi connectivity index (χ1) is 10.9. The number of hydrogen-bond donors (Lipinski definition) is 0. The van der Waals surface area contributed by atoms with Gasteiger partial charge in [0.15, 0.2) is 17.3 Å². The van der Waals surface area contributed by atoms with Crippen molar-refractivity contribution in [1.82, 2.24) is 9.78 Å². The van der Waals surface area contributed by atoms with E-state index in [1.807, 2.05) is 0 Å². The molecule has 0 N–H and O–H groups in total. The molecule has 2 rings (SSSR count). The second kappa shape index (κ2) is 7.23. The maximum Gasteiger partial charge on any atom is 0.387 e. The highest BCUT2D eigenvalue weighted by atomic mass is 35.5. The number of ketones is 1. The summed E-state index contributed by atoms with van der Waals surface area (Å²) in [5.41, 5.74) is 0.836. The van der Waals surface area contributed by atoms with E-state index in [0.717, 1.165) is 0 Å². The molecule has 5 nitrogen and oxygen atoms in total. The molecule has 0 saturated carbocycles. The van der Waals surface area contributed by atoms with Gasteiger partial charge in [-0.3, -0.25) is 9.48 Å². The summed E-state index contributed by atoms with van der Waals surface area (Å²) >= 11 is 5.94. The van der Waals surface area contributed by atoms with Crippen molar-refractivity contribution in [3.63, 3.8) is 0 Å². The highest BCUT2D eigenvalue weighted by molar-refractivity contribution is 6.31. The lowest BCUT2D eigenvalue weighted by molar-refractivity contribution is -0.0512. The quantitative estimate of drug-likeness (QED) is 0.595. The Bertz CT molecular complexity index is 725. The fraction of sp³-hybridized carbons (Fsp3) is 0.200. The number of allylic oxidation sites excluding steroid dienone is 1. The maximum atomic E-state index is 12.3. The number of nitrogens with zero attached hydrogens (tertiary/aromatic N) is 2. The molecule has 0 unspecified atom stereocenters. The molecule has 1 heterocycles. The minimum absolute atomic E-state index is 0.0446. The van der Waals surface area contributed by atoms with Gasteiger partial charge in [0.05, 0.1) is 24.0 Å². The Morgan fingerprint density at radius 3 is 2.70 bits per heavy atom. The van der Waals surface area contributed by atoms with Crippen molar-refractivity contribution in [3.05, 3.63) is 46.8 Å². The molecule has 0 bridgehead atoms. The summed E-state index contributed by atoms with van der Waals surface area (Å²) in [6.45, 7) is -2.97. The topological polar surface area (TPSA) is 53.3 Å². The second-order valence-electron chi connectivity index (χ2n) is 4.44. The van der Waals surface area contributed by atoms with E-state index < -0.39 is 6.61 Å². The molecule has 0 saturated heterocycles. The van der Waals surface area contributed by atoms with Gasteiger partial charge in [0.25, 0.3) is 0 Å². The first-order valence-corrected chi connectivity index (χ1v) is 6.83. The first kappa shape index (κ1) is 17.0. The summed E-state index contributed by atoms with van der Waals surface area (Å²) in [5, 5.41) is 4.36. The molecule has 0 aliphatic rings. The van der Waals surface area contributed by atoms with Crippen molar-refractivity contribution in [2.45, 2.75) is 6.61 Å². The number of hydrogen-bond acceptors (Lipinski definition) is 4. The average Bonchev–Trinajstić information content (AvgIpc) is 2.83. The number of ether oxygens (including phenoxy) is 2. The predicted molar refractivity (Wildman–Crippen MR) is 81.2 cm³/mol. The van der Waals surface area contributed by atoms with Crippen molar-refractivity contribution >= 4 is 23.5 Å². The molecule has 0 aliphatic carbocycles. The Balaban J connectivity index is 2.23. The molecular weight excluding hydrogens is 330 g/mol. The van der Waals surface area contributed by atoms with E-state index in [4.69, 9.17) is 16.3 Å². The third-order valence-corrected chi connectivity index (χ3v) is 3.29. The monoisotopic (exact) mass is 342 g/mol. The molecular formula is C15H13ClF2N2O3. The lowest BCUT2D eigenvalue weighted by Gasteiger charge is -2.10. The van der Waals surface area contributed by atoms with Crippen LogP contribution in [0.3, 0.4) is 0 Å². The summed E-state index contributed by atoms with van der Waals surface area (Å²) < 4.78 is 35.3. The van der Waals surface area contributed by atoms with Crippen LogP contribution >= 0.6 is 11.6 Å². The standard InChI is InChI=1S/C15H13ClF2N2O3/c1-20-11(10(16)8-19-20)4-5-12(21)9-3-6-13(23-15(17)18)14(7-9)22-2/h3-8,15H,1-2H3/b5-4+. The summed E-state index contributed by atoms with van der Waals surface area (Å²) in [5.74, 6) is -0.440. The lowest BCUT2D eigenvalue weighted by atomic mass is 10.1. The van der Waals surface area contributed by atoms with E-state index in [1.165, 1.54) is 48.3 Å². The van der Waals surface area contributed by atoms with Crippen molar-refractivity contribution in [2.24, 2.45) is 7.05 Å². The van der Waals surface area contributed by atoms with E-state index in [1.54, 1.807) is 7.05 Å². The van der Waals surface area contributed by atoms with Gasteiger partial charge in [-0.15, -0.1) is 0 Å². The van der Waals surface area contributed by atoms with Crippen LogP contribution in [0.2, 0.25) is 5.02 Å². The van der Waals surface area contributed by atoms with Crippen molar-refractivity contribution < 1.29 is 23.0 Å². The fourth-order valence-electron chi connectivity index (χ4n) is 1.87. The minimum Gasteiger partial charge on any atom is -0.493 e. The number of benzene rings is 1. The normalized spacial score (nSPS) is 11.2. The molecule has 1 aromatic heterocycles. The van der Waals surface area contributed by atoms with E-state index in [0.29, 0.717) is 10.7 Å². The molecule has 0 aliphatic heterocycles. The van der Waals surface area contributed by atoms with Gasteiger partial charge < -0.3 is 9.47 Å². The zero-order valence-corrected chi connectivity index (χ0v) is 13.1. The molecule has 0 fully saturated rings. The summed E-state index contributed by atoms with van der Waals surface area (Å²) in [4.78, 5) is 12.2. The Morgan fingerprint density at radius 1 is 1.39 bits per heavy atom. The van der Waals surface area contributed by atoms with Crippen molar-refractivity contribution in [1.29, 1.82) is 0 Å². The second-order valence-corrected chi connectivity index (χ2v) is 4.85. The fourth-order valence-corrected chi connectivity index (χ4v) is 2.10. The molecule has 122 valence electrons.